The number of piperidine rings is 1. The van der Waals surface area contributed by atoms with Crippen LogP contribution in [0.15, 0.2) is 24.3 Å². The Morgan fingerprint density at radius 2 is 1.89 bits per heavy atom. The summed E-state index contributed by atoms with van der Waals surface area (Å²) in [5, 5.41) is 1.02. The molecule has 0 bridgehead atoms. The van der Waals surface area contributed by atoms with Crippen LogP contribution < -0.4 is 0 Å². The Morgan fingerprint density at radius 3 is 2.47 bits per heavy atom. The van der Waals surface area contributed by atoms with Crippen molar-refractivity contribution in [2.24, 2.45) is 5.92 Å². The lowest BCUT2D eigenvalue weighted by atomic mass is 9.98. The molecule has 0 N–H and O–H groups in total. The van der Waals surface area contributed by atoms with Crippen molar-refractivity contribution in [3.05, 3.63) is 35.4 Å². The van der Waals surface area contributed by atoms with Gasteiger partial charge in [0.2, 0.25) is 0 Å². The maximum atomic E-state index is 12.6. The van der Waals surface area contributed by atoms with E-state index in [1.807, 2.05) is 0 Å². The van der Waals surface area contributed by atoms with Crippen molar-refractivity contribution in [2.45, 2.75) is 25.6 Å². The molecule has 1 aliphatic rings. The predicted molar refractivity (Wildman–Crippen MR) is 73.2 cm³/mol. The van der Waals surface area contributed by atoms with E-state index in [9.17, 15) is 13.2 Å². The lowest BCUT2D eigenvalue weighted by molar-refractivity contribution is -0.137. The van der Waals surface area contributed by atoms with Gasteiger partial charge in [-0.15, -0.1) is 0 Å². The largest absolute Gasteiger partial charge is 0.416 e. The maximum absolute atomic E-state index is 12.6. The van der Waals surface area contributed by atoms with E-state index in [1.165, 1.54) is 12.1 Å². The van der Waals surface area contributed by atoms with Crippen molar-refractivity contribution < 1.29 is 13.2 Å². The van der Waals surface area contributed by atoms with Crippen LogP contribution in [0.3, 0.4) is 0 Å². The smallest absolute Gasteiger partial charge is 0.299 e. The highest BCUT2D eigenvalue weighted by atomic mass is 79.9. The molecule has 1 aromatic rings. The molecular weight excluding hydrogens is 319 g/mol. The van der Waals surface area contributed by atoms with E-state index >= 15 is 0 Å². The van der Waals surface area contributed by atoms with E-state index in [0.29, 0.717) is 12.5 Å². The van der Waals surface area contributed by atoms with Crippen molar-refractivity contribution in [3.8, 4) is 0 Å². The Hall–Kier alpha value is -0.550. The predicted octanol–water partition coefficient (Wildman–Crippen LogP) is 4.31. The first-order valence-electron chi connectivity index (χ1n) is 6.43. The number of halogens is 4. The van der Waals surface area contributed by atoms with Crippen LogP contribution in [0.4, 0.5) is 13.2 Å². The molecule has 1 aromatic carbocycles. The molecule has 106 valence electrons. The van der Waals surface area contributed by atoms with E-state index in [4.69, 9.17) is 0 Å². The van der Waals surface area contributed by atoms with Crippen molar-refractivity contribution in [2.75, 3.05) is 18.4 Å². The summed E-state index contributed by atoms with van der Waals surface area (Å²) in [6.07, 6.45) is -2.02. The minimum atomic E-state index is -4.25. The third-order valence-electron chi connectivity index (χ3n) is 3.59. The average Bonchev–Trinajstić information content (AvgIpc) is 2.39. The lowest BCUT2D eigenvalue weighted by Crippen LogP contribution is -2.33. The van der Waals surface area contributed by atoms with Gasteiger partial charge in [-0.3, -0.25) is 4.90 Å². The quantitative estimate of drug-likeness (QED) is 0.744. The van der Waals surface area contributed by atoms with Gasteiger partial charge >= 0.3 is 6.18 Å². The Bertz CT molecular complexity index is 411. The summed E-state index contributed by atoms with van der Waals surface area (Å²) in [5.74, 6) is 0.706. The minimum absolute atomic E-state index is 0.555. The molecule has 0 saturated carbocycles. The second-order valence-corrected chi connectivity index (χ2v) is 5.72. The van der Waals surface area contributed by atoms with Crippen molar-refractivity contribution in [3.63, 3.8) is 0 Å². The Morgan fingerprint density at radius 1 is 1.21 bits per heavy atom. The Labute approximate surface area is 119 Å². The third-order valence-corrected chi connectivity index (χ3v) is 4.50. The molecule has 0 amide bonds. The van der Waals surface area contributed by atoms with Crippen LogP contribution in [-0.4, -0.2) is 23.3 Å². The van der Waals surface area contributed by atoms with Crippen LogP contribution >= 0.6 is 15.9 Å². The molecule has 0 aromatic heterocycles. The SMILES string of the molecule is FC(F)(F)c1cccc(CN2CCC(CBr)CC2)c1. The maximum Gasteiger partial charge on any atom is 0.416 e. The normalized spacial score (nSPS) is 18.7. The Balaban J connectivity index is 1.97. The number of hydrogen-bond acceptors (Lipinski definition) is 1. The standard InChI is InChI=1S/C14H17BrF3N/c15-9-11-4-6-19(7-5-11)10-12-2-1-3-13(8-12)14(16,17)18/h1-3,8,11H,4-7,9-10H2. The van der Waals surface area contributed by atoms with Gasteiger partial charge in [-0.05, 0) is 43.5 Å². The van der Waals surface area contributed by atoms with E-state index in [1.54, 1.807) is 6.07 Å². The molecule has 1 aliphatic heterocycles. The van der Waals surface area contributed by atoms with Crippen LogP contribution in [0.2, 0.25) is 0 Å². The van der Waals surface area contributed by atoms with Crippen molar-refractivity contribution in [1.29, 1.82) is 0 Å². The fraction of sp³-hybridized carbons (Fsp3) is 0.571. The topological polar surface area (TPSA) is 3.24 Å². The fourth-order valence-electron chi connectivity index (χ4n) is 2.40. The average molecular weight is 336 g/mol. The summed E-state index contributed by atoms with van der Waals surface area (Å²) in [6.45, 7) is 2.54. The molecule has 0 radical (unpaired) electrons. The molecule has 0 spiro atoms. The molecular formula is C14H17BrF3N. The molecule has 1 nitrogen and oxygen atoms in total. The van der Waals surface area contributed by atoms with Gasteiger partial charge in [0.15, 0.2) is 0 Å². The van der Waals surface area contributed by atoms with Gasteiger partial charge in [-0.2, -0.15) is 13.2 Å². The molecule has 19 heavy (non-hydrogen) atoms. The number of benzene rings is 1. The summed E-state index contributed by atoms with van der Waals surface area (Å²) in [5.41, 5.74) is 0.187. The van der Waals surface area contributed by atoms with Gasteiger partial charge in [-0.25, -0.2) is 0 Å². The molecule has 2 rings (SSSR count). The summed E-state index contributed by atoms with van der Waals surface area (Å²) < 4.78 is 37.9. The first-order chi connectivity index (χ1) is 8.99. The Kier molecular flexibility index (Phi) is 4.90. The second kappa shape index (κ2) is 6.27. The number of nitrogens with zero attached hydrogens (tertiary/aromatic N) is 1. The van der Waals surface area contributed by atoms with Crippen LogP contribution in [0.5, 0.6) is 0 Å². The molecule has 1 saturated heterocycles. The molecule has 0 unspecified atom stereocenters. The van der Waals surface area contributed by atoms with Crippen LogP contribution in [0, 0.1) is 5.92 Å². The first-order valence-corrected chi connectivity index (χ1v) is 7.55. The van der Waals surface area contributed by atoms with Gasteiger partial charge in [0.05, 0.1) is 5.56 Å². The second-order valence-electron chi connectivity index (χ2n) is 5.07. The summed E-state index contributed by atoms with van der Waals surface area (Å²) in [6, 6.07) is 5.65. The van der Waals surface area contributed by atoms with E-state index in [2.05, 4.69) is 20.8 Å². The first kappa shape index (κ1) is 14.9. The van der Waals surface area contributed by atoms with E-state index in [-0.39, 0.29) is 0 Å². The number of rotatable bonds is 3. The van der Waals surface area contributed by atoms with Crippen molar-refractivity contribution in [1.82, 2.24) is 4.90 Å². The lowest BCUT2D eigenvalue weighted by Gasteiger charge is -2.31. The minimum Gasteiger partial charge on any atom is -0.299 e. The highest BCUT2D eigenvalue weighted by Gasteiger charge is 2.30. The molecule has 1 fully saturated rings. The number of alkyl halides is 4. The zero-order valence-corrected chi connectivity index (χ0v) is 12.2. The van der Waals surface area contributed by atoms with Crippen LogP contribution in [-0.2, 0) is 12.7 Å². The van der Waals surface area contributed by atoms with Gasteiger partial charge in [0, 0.05) is 11.9 Å². The summed E-state index contributed by atoms with van der Waals surface area (Å²) in [7, 11) is 0. The summed E-state index contributed by atoms with van der Waals surface area (Å²) >= 11 is 3.49. The van der Waals surface area contributed by atoms with Crippen LogP contribution in [0.25, 0.3) is 0 Å². The molecule has 5 heteroatoms. The van der Waals surface area contributed by atoms with Gasteiger partial charge in [-0.1, -0.05) is 34.1 Å². The van der Waals surface area contributed by atoms with Crippen LogP contribution in [0.1, 0.15) is 24.0 Å². The third kappa shape index (κ3) is 4.21. The van der Waals surface area contributed by atoms with Gasteiger partial charge < -0.3 is 0 Å². The highest BCUT2D eigenvalue weighted by Crippen LogP contribution is 2.30. The number of likely N-dealkylation sites (tertiary alicyclic amines) is 1. The summed E-state index contributed by atoms with van der Waals surface area (Å²) in [4.78, 5) is 2.23. The monoisotopic (exact) mass is 335 g/mol. The fourth-order valence-corrected chi connectivity index (χ4v) is 3.05. The molecule has 0 atom stereocenters. The van der Waals surface area contributed by atoms with E-state index in [0.717, 1.165) is 42.9 Å². The van der Waals surface area contributed by atoms with Gasteiger partial charge in [0.25, 0.3) is 0 Å². The van der Waals surface area contributed by atoms with E-state index < -0.39 is 11.7 Å². The van der Waals surface area contributed by atoms with Crippen molar-refractivity contribution >= 4 is 15.9 Å². The zero-order valence-electron chi connectivity index (χ0n) is 10.6. The molecule has 0 aliphatic carbocycles. The number of hydrogen-bond donors (Lipinski definition) is 0. The zero-order chi connectivity index (χ0) is 13.9. The highest BCUT2D eigenvalue weighted by molar-refractivity contribution is 9.09. The molecule has 1 heterocycles. The van der Waals surface area contributed by atoms with Gasteiger partial charge in [0.1, 0.15) is 0 Å².